The first-order valence-electron chi connectivity index (χ1n) is 4.60. The van der Waals surface area contributed by atoms with Crippen molar-refractivity contribution in [3.8, 4) is 0 Å². The van der Waals surface area contributed by atoms with Crippen LogP contribution in [0.15, 0.2) is 18.2 Å². The zero-order valence-electron chi connectivity index (χ0n) is 8.35. The molecule has 0 spiro atoms. The molecule has 0 radical (unpaired) electrons. The molecule has 0 amide bonds. The van der Waals surface area contributed by atoms with Gasteiger partial charge in [-0.2, -0.15) is 0 Å². The Morgan fingerprint density at radius 1 is 1.50 bits per heavy atom. The van der Waals surface area contributed by atoms with Crippen molar-refractivity contribution in [3.63, 3.8) is 0 Å². The molecule has 16 heavy (non-hydrogen) atoms. The van der Waals surface area contributed by atoms with Gasteiger partial charge < -0.3 is 20.6 Å². The Labute approximate surface area is 97.3 Å². The highest BCUT2D eigenvalue weighted by molar-refractivity contribution is 6.33. The monoisotopic (exact) mass is 245 g/mol. The van der Waals surface area contributed by atoms with Crippen LogP contribution in [0.3, 0.4) is 0 Å². The highest BCUT2D eigenvalue weighted by atomic mass is 35.5. The normalized spacial score (nSPS) is 12.2. The number of nitrogens with one attached hydrogen (secondary N) is 1. The van der Waals surface area contributed by atoms with Gasteiger partial charge in [-0.05, 0) is 18.2 Å². The van der Waals surface area contributed by atoms with E-state index in [0.29, 0.717) is 5.69 Å². The standard InChI is InChI=1S/C10H12ClNO4/c11-8-3-6(10(15)16)1-2-9(8)12-4-7(14)5-13/h1-3,7,12-14H,4-5H2,(H,15,16). The van der Waals surface area contributed by atoms with E-state index in [-0.39, 0.29) is 23.7 Å². The Balaban J connectivity index is 2.72. The van der Waals surface area contributed by atoms with Crippen molar-refractivity contribution >= 4 is 23.3 Å². The van der Waals surface area contributed by atoms with Crippen molar-refractivity contribution in [3.05, 3.63) is 28.8 Å². The second kappa shape index (κ2) is 5.69. The number of halogens is 1. The van der Waals surface area contributed by atoms with E-state index in [1.165, 1.54) is 18.2 Å². The summed E-state index contributed by atoms with van der Waals surface area (Å²) in [4.78, 5) is 10.6. The number of carbonyl (C=O) groups is 1. The molecular weight excluding hydrogens is 234 g/mol. The van der Waals surface area contributed by atoms with Crippen molar-refractivity contribution in [2.75, 3.05) is 18.5 Å². The second-order valence-corrected chi connectivity index (χ2v) is 3.62. The van der Waals surface area contributed by atoms with Crippen LogP contribution in [-0.2, 0) is 0 Å². The largest absolute Gasteiger partial charge is 0.478 e. The van der Waals surface area contributed by atoms with Gasteiger partial charge in [0.1, 0.15) is 0 Å². The van der Waals surface area contributed by atoms with Gasteiger partial charge >= 0.3 is 5.97 Å². The summed E-state index contributed by atoms with van der Waals surface area (Å²) in [6.45, 7) is -0.208. The zero-order chi connectivity index (χ0) is 12.1. The zero-order valence-corrected chi connectivity index (χ0v) is 9.11. The molecule has 0 heterocycles. The first-order chi connectivity index (χ1) is 7.54. The molecule has 1 rings (SSSR count). The number of aromatic carboxylic acids is 1. The molecule has 1 aromatic carbocycles. The summed E-state index contributed by atoms with van der Waals surface area (Å²) >= 11 is 5.83. The molecule has 1 unspecified atom stereocenters. The quantitative estimate of drug-likeness (QED) is 0.616. The third-order valence-corrected chi connectivity index (χ3v) is 2.27. The molecule has 0 aromatic heterocycles. The lowest BCUT2D eigenvalue weighted by Gasteiger charge is -2.11. The topological polar surface area (TPSA) is 89.8 Å². The average molecular weight is 246 g/mol. The van der Waals surface area contributed by atoms with E-state index in [9.17, 15) is 4.79 Å². The number of carboxylic acids is 1. The lowest BCUT2D eigenvalue weighted by Crippen LogP contribution is -2.23. The minimum absolute atomic E-state index is 0.0956. The fraction of sp³-hybridized carbons (Fsp3) is 0.300. The maximum absolute atomic E-state index is 10.6. The molecule has 5 nitrogen and oxygen atoms in total. The number of aliphatic hydroxyl groups excluding tert-OH is 2. The third-order valence-electron chi connectivity index (χ3n) is 1.95. The van der Waals surface area contributed by atoms with E-state index in [1.807, 2.05) is 0 Å². The fourth-order valence-corrected chi connectivity index (χ4v) is 1.33. The van der Waals surface area contributed by atoms with Crippen molar-refractivity contribution in [2.45, 2.75) is 6.10 Å². The van der Waals surface area contributed by atoms with Gasteiger partial charge in [0.15, 0.2) is 0 Å². The number of hydrogen-bond acceptors (Lipinski definition) is 4. The highest BCUT2D eigenvalue weighted by Crippen LogP contribution is 2.22. The van der Waals surface area contributed by atoms with Crippen molar-refractivity contribution in [1.29, 1.82) is 0 Å². The Kier molecular flexibility index (Phi) is 4.54. The molecule has 4 N–H and O–H groups in total. The van der Waals surface area contributed by atoms with Gasteiger partial charge in [0.2, 0.25) is 0 Å². The van der Waals surface area contributed by atoms with Crippen LogP contribution in [0.2, 0.25) is 5.02 Å². The first-order valence-corrected chi connectivity index (χ1v) is 4.98. The van der Waals surface area contributed by atoms with E-state index in [4.69, 9.17) is 26.9 Å². The SMILES string of the molecule is O=C(O)c1ccc(NCC(O)CO)c(Cl)c1. The lowest BCUT2D eigenvalue weighted by molar-refractivity contribution is 0.0697. The fourth-order valence-electron chi connectivity index (χ4n) is 1.08. The molecule has 0 saturated carbocycles. The molecule has 0 aliphatic heterocycles. The molecule has 0 aliphatic carbocycles. The van der Waals surface area contributed by atoms with Crippen LogP contribution in [-0.4, -0.2) is 40.5 Å². The number of anilines is 1. The lowest BCUT2D eigenvalue weighted by atomic mass is 10.2. The molecule has 0 aliphatic rings. The molecule has 6 heteroatoms. The minimum Gasteiger partial charge on any atom is -0.478 e. The van der Waals surface area contributed by atoms with E-state index < -0.39 is 12.1 Å². The van der Waals surface area contributed by atoms with Crippen molar-refractivity contribution < 1.29 is 20.1 Å². The molecule has 0 fully saturated rings. The second-order valence-electron chi connectivity index (χ2n) is 3.22. The van der Waals surface area contributed by atoms with Crippen LogP contribution in [0.25, 0.3) is 0 Å². The van der Waals surface area contributed by atoms with Crippen LogP contribution < -0.4 is 5.32 Å². The number of rotatable bonds is 5. The number of benzene rings is 1. The Hall–Kier alpha value is -1.30. The van der Waals surface area contributed by atoms with E-state index >= 15 is 0 Å². The Morgan fingerprint density at radius 3 is 2.69 bits per heavy atom. The van der Waals surface area contributed by atoms with Crippen molar-refractivity contribution in [2.24, 2.45) is 0 Å². The number of hydrogen-bond donors (Lipinski definition) is 4. The molecular formula is C10H12ClNO4. The summed E-state index contributed by atoms with van der Waals surface area (Å²) in [7, 11) is 0. The molecule has 0 saturated heterocycles. The van der Waals surface area contributed by atoms with Crippen molar-refractivity contribution in [1.82, 2.24) is 0 Å². The van der Waals surface area contributed by atoms with Crippen LogP contribution >= 0.6 is 11.6 Å². The minimum atomic E-state index is -1.05. The summed E-state index contributed by atoms with van der Waals surface area (Å²) in [6, 6.07) is 4.23. The van der Waals surface area contributed by atoms with E-state index in [0.717, 1.165) is 0 Å². The van der Waals surface area contributed by atoms with Gasteiger partial charge in [-0.1, -0.05) is 11.6 Å². The highest BCUT2D eigenvalue weighted by Gasteiger charge is 2.08. The maximum Gasteiger partial charge on any atom is 0.335 e. The Morgan fingerprint density at radius 2 is 2.19 bits per heavy atom. The summed E-state index contributed by atoms with van der Waals surface area (Å²) in [5.74, 6) is -1.05. The van der Waals surface area contributed by atoms with Gasteiger partial charge in [0, 0.05) is 6.54 Å². The maximum atomic E-state index is 10.6. The van der Waals surface area contributed by atoms with Gasteiger partial charge in [-0.25, -0.2) is 4.79 Å². The van der Waals surface area contributed by atoms with Gasteiger partial charge in [0.25, 0.3) is 0 Å². The summed E-state index contributed by atoms with van der Waals surface area (Å²) < 4.78 is 0. The smallest absolute Gasteiger partial charge is 0.335 e. The molecule has 88 valence electrons. The number of aliphatic hydroxyl groups is 2. The van der Waals surface area contributed by atoms with E-state index in [2.05, 4.69) is 5.32 Å². The number of carboxylic acid groups (broad SMARTS) is 1. The van der Waals surface area contributed by atoms with Crippen LogP contribution in [0.1, 0.15) is 10.4 Å². The predicted molar refractivity (Wildman–Crippen MR) is 60.0 cm³/mol. The molecule has 1 aromatic rings. The summed E-state index contributed by atoms with van der Waals surface area (Å²) in [6.07, 6.45) is -0.879. The molecule has 1 atom stereocenters. The van der Waals surface area contributed by atoms with Gasteiger partial charge in [-0.3, -0.25) is 0 Å². The van der Waals surface area contributed by atoms with Crippen LogP contribution in [0.5, 0.6) is 0 Å². The van der Waals surface area contributed by atoms with E-state index in [1.54, 1.807) is 0 Å². The van der Waals surface area contributed by atoms with Crippen LogP contribution in [0.4, 0.5) is 5.69 Å². The third kappa shape index (κ3) is 3.37. The van der Waals surface area contributed by atoms with Gasteiger partial charge in [0.05, 0.1) is 29.0 Å². The molecule has 0 bridgehead atoms. The van der Waals surface area contributed by atoms with Gasteiger partial charge in [-0.15, -0.1) is 0 Å². The Bertz CT molecular complexity index is 383. The predicted octanol–water partition coefficient (Wildman–Crippen LogP) is 0.803. The summed E-state index contributed by atoms with van der Waals surface area (Å²) in [5, 5.41) is 29.5. The first kappa shape index (κ1) is 12.8. The van der Waals surface area contributed by atoms with Crippen LogP contribution in [0, 0.1) is 0 Å². The summed E-state index contributed by atoms with van der Waals surface area (Å²) in [5.41, 5.74) is 0.609. The average Bonchev–Trinajstić information content (AvgIpc) is 2.26.